The number of aliphatic hydroxyl groups excluding tert-OH is 1. The van der Waals surface area contributed by atoms with Gasteiger partial charge in [0.25, 0.3) is 15.9 Å². The van der Waals surface area contributed by atoms with Crippen LogP contribution in [0, 0.1) is 19.8 Å². The number of sulfonamides is 2. The lowest BCUT2D eigenvalue weighted by molar-refractivity contribution is 0.0387. The van der Waals surface area contributed by atoms with Crippen molar-refractivity contribution in [3.8, 4) is 5.75 Å². The molecule has 0 bridgehead atoms. The minimum absolute atomic E-state index is 0.0190. The fourth-order valence-corrected chi connectivity index (χ4v) is 7.09. The van der Waals surface area contributed by atoms with E-state index in [2.05, 4.69) is 14.9 Å². The van der Waals surface area contributed by atoms with Crippen molar-refractivity contribution in [3.63, 3.8) is 0 Å². The molecule has 0 aliphatic carbocycles. The first kappa shape index (κ1) is 30.5. The highest BCUT2D eigenvalue weighted by Crippen LogP contribution is 2.32. The summed E-state index contributed by atoms with van der Waals surface area (Å²) in [6.45, 7) is 6.33. The van der Waals surface area contributed by atoms with Crippen LogP contribution in [-0.4, -0.2) is 90.7 Å². The van der Waals surface area contributed by atoms with Crippen molar-refractivity contribution in [2.24, 2.45) is 13.0 Å². The van der Waals surface area contributed by atoms with E-state index in [1.165, 1.54) is 54.2 Å². The number of aryl methyl sites for hydroxylation is 3. The smallest absolute Gasteiger partial charge is 0.280 e. The SMILES string of the molecule is Cc1noc(C)c1S(=O)(=O)N(C)C[C@H]1Oc2ccc(NS(=O)(=O)c3cn(C)cn3)cc2C(=O)N([C@H](C)CO)C[C@@H]1C. The number of aromatic nitrogens is 3. The molecule has 1 aromatic carbocycles. The topological polar surface area (TPSA) is 177 Å². The second kappa shape index (κ2) is 11.4. The van der Waals surface area contributed by atoms with E-state index in [1.54, 1.807) is 20.9 Å². The average molecular weight is 611 g/mol. The van der Waals surface area contributed by atoms with E-state index in [-0.39, 0.29) is 64.0 Å². The third kappa shape index (κ3) is 6.10. The minimum atomic E-state index is -4.04. The molecule has 0 fully saturated rings. The summed E-state index contributed by atoms with van der Waals surface area (Å²) >= 11 is 0. The molecule has 14 nitrogen and oxygen atoms in total. The van der Waals surface area contributed by atoms with E-state index in [9.17, 15) is 26.7 Å². The second-order valence-electron chi connectivity index (χ2n) is 10.3. The summed E-state index contributed by atoms with van der Waals surface area (Å²) in [5.41, 5.74) is 0.395. The van der Waals surface area contributed by atoms with Gasteiger partial charge in [-0.15, -0.1) is 0 Å². The van der Waals surface area contributed by atoms with Crippen LogP contribution in [0.4, 0.5) is 5.69 Å². The number of benzene rings is 1. The molecule has 4 rings (SSSR count). The Bertz CT molecular complexity index is 1630. The van der Waals surface area contributed by atoms with E-state index in [0.29, 0.717) is 0 Å². The van der Waals surface area contributed by atoms with Gasteiger partial charge in [0, 0.05) is 38.4 Å². The highest BCUT2D eigenvalue weighted by Gasteiger charge is 2.37. The van der Waals surface area contributed by atoms with Gasteiger partial charge in [-0.3, -0.25) is 9.52 Å². The van der Waals surface area contributed by atoms with Crippen molar-refractivity contribution in [2.75, 3.05) is 31.5 Å². The third-order valence-corrected chi connectivity index (χ3v) is 10.3. The number of aliphatic hydroxyl groups is 1. The summed E-state index contributed by atoms with van der Waals surface area (Å²) in [7, 11) is -4.96. The van der Waals surface area contributed by atoms with Gasteiger partial charge in [-0.2, -0.15) is 12.7 Å². The number of nitrogens with zero attached hydrogens (tertiary/aromatic N) is 5. The molecule has 0 unspecified atom stereocenters. The largest absolute Gasteiger partial charge is 0.488 e. The molecule has 1 aliphatic heterocycles. The number of hydrogen-bond donors (Lipinski definition) is 2. The van der Waals surface area contributed by atoms with Crippen LogP contribution < -0.4 is 9.46 Å². The zero-order valence-corrected chi connectivity index (χ0v) is 25.2. The first-order chi connectivity index (χ1) is 19.1. The summed E-state index contributed by atoms with van der Waals surface area (Å²) < 4.78 is 68.8. The van der Waals surface area contributed by atoms with E-state index < -0.39 is 38.1 Å². The predicted molar refractivity (Wildman–Crippen MR) is 147 cm³/mol. The van der Waals surface area contributed by atoms with Gasteiger partial charge in [0.1, 0.15) is 22.4 Å². The standard InChI is InChI=1S/C25H34N6O8S2/c1-15-10-31(16(2)13-32)25(33)20-9-19(28-40(34,35)23-12-29(5)14-26-23)7-8-21(20)38-22(15)11-30(6)41(36,37)24-17(3)27-39-18(24)4/h7-9,12,14-16,22,28,32H,10-11,13H2,1-6H3/t15-,16+,22+/m0/s1. The van der Waals surface area contributed by atoms with Gasteiger partial charge in [0.2, 0.25) is 10.0 Å². The molecule has 2 N–H and O–H groups in total. The fraction of sp³-hybridized carbons (Fsp3) is 0.480. The summed E-state index contributed by atoms with van der Waals surface area (Å²) in [4.78, 5) is 19.0. The Balaban J connectivity index is 1.69. The van der Waals surface area contributed by atoms with Crippen molar-refractivity contribution < 1.29 is 36.0 Å². The van der Waals surface area contributed by atoms with Crippen LogP contribution in [0.5, 0.6) is 5.75 Å². The average Bonchev–Trinajstić information content (AvgIpc) is 3.50. The molecule has 3 heterocycles. The van der Waals surface area contributed by atoms with Crippen LogP contribution >= 0.6 is 0 Å². The number of fused-ring (bicyclic) bond motifs is 1. The molecule has 0 spiro atoms. The molecule has 0 saturated carbocycles. The number of amides is 1. The van der Waals surface area contributed by atoms with Crippen LogP contribution in [0.3, 0.4) is 0 Å². The fourth-order valence-electron chi connectivity index (χ4n) is 4.59. The molecule has 1 amide bonds. The molecule has 41 heavy (non-hydrogen) atoms. The number of ether oxygens (including phenoxy) is 1. The quantitative estimate of drug-likeness (QED) is 0.360. The van der Waals surface area contributed by atoms with Gasteiger partial charge in [-0.25, -0.2) is 13.4 Å². The maximum Gasteiger partial charge on any atom is 0.280 e. The van der Waals surface area contributed by atoms with Crippen molar-refractivity contribution in [2.45, 2.75) is 49.8 Å². The summed E-state index contributed by atoms with van der Waals surface area (Å²) in [6.07, 6.45) is 1.98. The number of anilines is 1. The van der Waals surface area contributed by atoms with Gasteiger partial charge in [0.05, 0.1) is 31.1 Å². The highest BCUT2D eigenvalue weighted by atomic mass is 32.2. The van der Waals surface area contributed by atoms with Crippen molar-refractivity contribution in [3.05, 3.63) is 47.7 Å². The number of imidazole rings is 1. The van der Waals surface area contributed by atoms with Gasteiger partial charge in [0.15, 0.2) is 10.8 Å². The Morgan fingerprint density at radius 2 is 1.95 bits per heavy atom. The number of likely N-dealkylation sites (N-methyl/N-ethyl adjacent to an activating group) is 1. The summed E-state index contributed by atoms with van der Waals surface area (Å²) in [5.74, 6) is -0.514. The lowest BCUT2D eigenvalue weighted by atomic mass is 9.99. The molecule has 224 valence electrons. The minimum Gasteiger partial charge on any atom is -0.488 e. The Kier molecular flexibility index (Phi) is 8.50. The Morgan fingerprint density at radius 1 is 1.24 bits per heavy atom. The lowest BCUT2D eigenvalue weighted by Crippen LogP contribution is -2.50. The van der Waals surface area contributed by atoms with Gasteiger partial charge in [-0.1, -0.05) is 12.1 Å². The Hall–Kier alpha value is -3.47. The molecule has 0 radical (unpaired) electrons. The number of carbonyl (C=O) groups is 1. The number of carbonyl (C=O) groups excluding carboxylic acids is 1. The molecular weight excluding hydrogens is 576 g/mol. The van der Waals surface area contributed by atoms with E-state index in [4.69, 9.17) is 9.26 Å². The van der Waals surface area contributed by atoms with Crippen LogP contribution in [0.15, 0.2) is 45.2 Å². The van der Waals surface area contributed by atoms with Crippen molar-refractivity contribution in [1.82, 2.24) is 23.9 Å². The zero-order valence-electron chi connectivity index (χ0n) is 23.6. The molecule has 3 atom stereocenters. The van der Waals surface area contributed by atoms with Gasteiger partial charge >= 0.3 is 0 Å². The van der Waals surface area contributed by atoms with Gasteiger partial charge < -0.3 is 23.8 Å². The molecular formula is C25H34N6O8S2. The normalized spacial score (nSPS) is 18.9. The molecule has 16 heteroatoms. The van der Waals surface area contributed by atoms with Crippen LogP contribution in [-0.2, 0) is 27.1 Å². The van der Waals surface area contributed by atoms with Gasteiger partial charge in [-0.05, 0) is 39.0 Å². The summed E-state index contributed by atoms with van der Waals surface area (Å²) in [6, 6.07) is 3.68. The third-order valence-electron chi connectivity index (χ3n) is 6.95. The van der Waals surface area contributed by atoms with E-state index >= 15 is 0 Å². The number of rotatable bonds is 9. The predicted octanol–water partition coefficient (Wildman–Crippen LogP) is 1.37. The number of nitrogens with one attached hydrogen (secondary N) is 1. The first-order valence-corrected chi connectivity index (χ1v) is 15.7. The second-order valence-corrected chi connectivity index (χ2v) is 13.9. The van der Waals surface area contributed by atoms with E-state index in [1.807, 2.05) is 6.92 Å². The molecule has 2 aromatic heterocycles. The lowest BCUT2D eigenvalue weighted by Gasteiger charge is -2.38. The van der Waals surface area contributed by atoms with Crippen LogP contribution in [0.25, 0.3) is 0 Å². The molecule has 3 aromatic rings. The van der Waals surface area contributed by atoms with Crippen molar-refractivity contribution >= 4 is 31.6 Å². The summed E-state index contributed by atoms with van der Waals surface area (Å²) in [5, 5.41) is 13.4. The zero-order chi connectivity index (χ0) is 30.3. The van der Waals surface area contributed by atoms with Crippen LogP contribution in [0.1, 0.15) is 35.7 Å². The molecule has 0 saturated heterocycles. The monoisotopic (exact) mass is 610 g/mol. The van der Waals surface area contributed by atoms with Crippen LogP contribution in [0.2, 0.25) is 0 Å². The molecule has 1 aliphatic rings. The Labute approximate surface area is 239 Å². The number of hydrogen-bond acceptors (Lipinski definition) is 10. The Morgan fingerprint density at radius 3 is 2.54 bits per heavy atom. The maximum absolute atomic E-state index is 13.7. The van der Waals surface area contributed by atoms with E-state index in [0.717, 1.165) is 4.31 Å². The van der Waals surface area contributed by atoms with Crippen molar-refractivity contribution in [1.29, 1.82) is 0 Å². The maximum atomic E-state index is 13.7. The highest BCUT2D eigenvalue weighted by molar-refractivity contribution is 7.92. The first-order valence-electron chi connectivity index (χ1n) is 12.8.